The Morgan fingerprint density at radius 1 is 1.35 bits per heavy atom. The summed E-state index contributed by atoms with van der Waals surface area (Å²) in [5.74, 6) is 0. The molecule has 1 aromatic carbocycles. The highest BCUT2D eigenvalue weighted by molar-refractivity contribution is 9.10. The highest BCUT2D eigenvalue weighted by Gasteiger charge is 2.17. The van der Waals surface area contributed by atoms with E-state index in [4.69, 9.17) is 11.6 Å². The van der Waals surface area contributed by atoms with E-state index in [1.54, 1.807) is 29.6 Å². The predicted octanol–water partition coefficient (Wildman–Crippen LogP) is 3.68. The van der Waals surface area contributed by atoms with E-state index in [2.05, 4.69) is 26.0 Å². The van der Waals surface area contributed by atoms with Crippen LogP contribution in [-0.4, -0.2) is 15.5 Å². The van der Waals surface area contributed by atoms with Crippen molar-refractivity contribution in [3.8, 4) is 0 Å². The molecule has 1 aromatic heterocycles. The Kier molecular flexibility index (Phi) is 5.09. The number of hydrogen-bond donors (Lipinski definition) is 2. The van der Waals surface area contributed by atoms with Gasteiger partial charge in [0.1, 0.15) is 0 Å². The van der Waals surface area contributed by atoms with E-state index in [0.717, 1.165) is 9.35 Å². The topological polar surface area (TPSA) is 58.2 Å². The third-order valence-corrected chi connectivity index (χ3v) is 5.70. The smallest absolute Gasteiger partial charge is 0.262 e. The maximum atomic E-state index is 12.3. The largest absolute Gasteiger partial charge is 0.315 e. The van der Waals surface area contributed by atoms with Crippen LogP contribution in [0.5, 0.6) is 0 Å². The fourth-order valence-electron chi connectivity index (χ4n) is 1.54. The number of hydrogen-bond acceptors (Lipinski definition) is 4. The van der Waals surface area contributed by atoms with Crippen LogP contribution in [0.2, 0.25) is 5.02 Å². The van der Waals surface area contributed by atoms with Crippen LogP contribution in [0.15, 0.2) is 39.0 Å². The Labute approximate surface area is 135 Å². The first-order chi connectivity index (χ1) is 9.42. The standard InChI is InChI=1S/C12H12BrClN2O2S2/c1-15-6-9-5-10(7-19-9)20(17,18)16-12-3-2-8(13)4-11(12)14/h2-5,7,15-16H,6H2,1H3. The summed E-state index contributed by atoms with van der Waals surface area (Å²) >= 11 is 10.7. The third kappa shape index (κ3) is 3.73. The summed E-state index contributed by atoms with van der Waals surface area (Å²) < 4.78 is 27.8. The number of sulfonamides is 1. The zero-order valence-electron chi connectivity index (χ0n) is 10.5. The quantitative estimate of drug-likeness (QED) is 0.812. The molecule has 2 rings (SSSR count). The first-order valence-corrected chi connectivity index (χ1v) is 9.15. The van der Waals surface area contributed by atoms with Gasteiger partial charge in [0.05, 0.1) is 15.6 Å². The Bertz CT molecular complexity index is 716. The molecule has 20 heavy (non-hydrogen) atoms. The number of nitrogens with one attached hydrogen (secondary N) is 2. The van der Waals surface area contributed by atoms with Gasteiger partial charge in [-0.15, -0.1) is 11.3 Å². The molecule has 0 amide bonds. The molecule has 108 valence electrons. The second-order valence-electron chi connectivity index (χ2n) is 4.01. The first-order valence-electron chi connectivity index (χ1n) is 5.62. The number of benzene rings is 1. The van der Waals surface area contributed by atoms with E-state index >= 15 is 0 Å². The lowest BCUT2D eigenvalue weighted by Gasteiger charge is -2.08. The number of thiophene rings is 1. The predicted molar refractivity (Wildman–Crippen MR) is 87.0 cm³/mol. The molecule has 0 atom stereocenters. The molecule has 0 saturated heterocycles. The van der Waals surface area contributed by atoms with Crippen LogP contribution in [0.25, 0.3) is 0 Å². The Balaban J connectivity index is 2.26. The van der Waals surface area contributed by atoms with Gasteiger partial charge in [-0.2, -0.15) is 0 Å². The minimum Gasteiger partial charge on any atom is -0.315 e. The van der Waals surface area contributed by atoms with E-state index in [-0.39, 0.29) is 4.90 Å². The molecular weight excluding hydrogens is 384 g/mol. The monoisotopic (exact) mass is 394 g/mol. The van der Waals surface area contributed by atoms with Crippen molar-refractivity contribution in [2.45, 2.75) is 11.4 Å². The maximum absolute atomic E-state index is 12.3. The molecule has 0 aliphatic rings. The van der Waals surface area contributed by atoms with Crippen molar-refractivity contribution in [3.05, 3.63) is 44.0 Å². The van der Waals surface area contributed by atoms with Crippen molar-refractivity contribution < 1.29 is 8.42 Å². The van der Waals surface area contributed by atoms with Crippen molar-refractivity contribution in [2.24, 2.45) is 0 Å². The lowest BCUT2D eigenvalue weighted by molar-refractivity contribution is 0.601. The molecule has 2 aromatic rings. The Morgan fingerprint density at radius 3 is 2.75 bits per heavy atom. The molecule has 0 bridgehead atoms. The number of rotatable bonds is 5. The van der Waals surface area contributed by atoms with Gasteiger partial charge in [0.25, 0.3) is 10.0 Å². The van der Waals surface area contributed by atoms with Gasteiger partial charge in [-0.25, -0.2) is 8.42 Å². The maximum Gasteiger partial charge on any atom is 0.262 e. The van der Waals surface area contributed by atoms with Gasteiger partial charge in [-0.05, 0) is 31.3 Å². The second-order valence-corrected chi connectivity index (χ2v) is 8.01. The normalized spacial score (nSPS) is 11.6. The summed E-state index contributed by atoms with van der Waals surface area (Å²) in [6.07, 6.45) is 0. The molecule has 0 saturated carbocycles. The summed E-state index contributed by atoms with van der Waals surface area (Å²) in [4.78, 5) is 1.20. The molecular formula is C12H12BrClN2O2S2. The van der Waals surface area contributed by atoms with Crippen molar-refractivity contribution in [2.75, 3.05) is 11.8 Å². The average Bonchev–Trinajstić information content (AvgIpc) is 2.83. The van der Waals surface area contributed by atoms with Gasteiger partial charge in [-0.3, -0.25) is 4.72 Å². The molecule has 4 nitrogen and oxygen atoms in total. The average molecular weight is 396 g/mol. The molecule has 0 fully saturated rings. The number of halogens is 2. The summed E-state index contributed by atoms with van der Waals surface area (Å²) in [6, 6.07) is 6.63. The van der Waals surface area contributed by atoms with Gasteiger partial charge in [0.15, 0.2) is 0 Å². The molecule has 0 unspecified atom stereocenters. The van der Waals surface area contributed by atoms with E-state index in [1.807, 2.05) is 7.05 Å². The van der Waals surface area contributed by atoms with Crippen molar-refractivity contribution in [1.82, 2.24) is 5.32 Å². The van der Waals surface area contributed by atoms with Gasteiger partial charge in [0.2, 0.25) is 0 Å². The van der Waals surface area contributed by atoms with Crippen LogP contribution < -0.4 is 10.0 Å². The van der Waals surface area contributed by atoms with Gasteiger partial charge < -0.3 is 5.32 Å². The highest BCUT2D eigenvalue weighted by atomic mass is 79.9. The van der Waals surface area contributed by atoms with Crippen LogP contribution >= 0.6 is 38.9 Å². The molecule has 0 radical (unpaired) electrons. The van der Waals surface area contributed by atoms with Crippen LogP contribution in [-0.2, 0) is 16.6 Å². The number of anilines is 1. The van der Waals surface area contributed by atoms with Gasteiger partial charge >= 0.3 is 0 Å². The van der Waals surface area contributed by atoms with Gasteiger partial charge in [-0.1, -0.05) is 27.5 Å². The zero-order chi connectivity index (χ0) is 14.8. The zero-order valence-corrected chi connectivity index (χ0v) is 14.5. The Morgan fingerprint density at radius 2 is 2.10 bits per heavy atom. The van der Waals surface area contributed by atoms with Crippen LogP contribution in [0.1, 0.15) is 4.88 Å². The van der Waals surface area contributed by atoms with E-state index in [0.29, 0.717) is 17.3 Å². The Hall–Kier alpha value is -0.600. The van der Waals surface area contributed by atoms with Crippen LogP contribution in [0.4, 0.5) is 5.69 Å². The minimum absolute atomic E-state index is 0.242. The molecule has 0 aliphatic carbocycles. The van der Waals surface area contributed by atoms with E-state index in [1.165, 1.54) is 11.3 Å². The van der Waals surface area contributed by atoms with E-state index < -0.39 is 10.0 Å². The molecule has 8 heteroatoms. The summed E-state index contributed by atoms with van der Waals surface area (Å²) in [5, 5.41) is 4.94. The fraction of sp³-hybridized carbons (Fsp3) is 0.167. The lowest BCUT2D eigenvalue weighted by Crippen LogP contribution is -2.12. The van der Waals surface area contributed by atoms with Crippen molar-refractivity contribution in [1.29, 1.82) is 0 Å². The molecule has 0 aliphatic heterocycles. The SMILES string of the molecule is CNCc1cc(S(=O)(=O)Nc2ccc(Br)cc2Cl)cs1. The summed E-state index contributed by atoms with van der Waals surface area (Å²) in [7, 11) is -1.80. The fourth-order valence-corrected chi connectivity index (χ4v) is 4.69. The summed E-state index contributed by atoms with van der Waals surface area (Å²) in [5.41, 5.74) is 0.358. The van der Waals surface area contributed by atoms with Crippen LogP contribution in [0.3, 0.4) is 0 Å². The first kappa shape index (κ1) is 15.8. The molecule has 1 heterocycles. The van der Waals surface area contributed by atoms with Crippen LogP contribution in [0, 0.1) is 0 Å². The molecule has 0 spiro atoms. The minimum atomic E-state index is -3.61. The third-order valence-electron chi connectivity index (χ3n) is 2.47. The summed E-state index contributed by atoms with van der Waals surface area (Å²) in [6.45, 7) is 0.638. The van der Waals surface area contributed by atoms with Crippen molar-refractivity contribution in [3.63, 3.8) is 0 Å². The van der Waals surface area contributed by atoms with Gasteiger partial charge in [0, 0.05) is 21.3 Å². The lowest BCUT2D eigenvalue weighted by atomic mass is 10.3. The highest BCUT2D eigenvalue weighted by Crippen LogP contribution is 2.28. The van der Waals surface area contributed by atoms with Crippen molar-refractivity contribution >= 4 is 54.6 Å². The molecule has 2 N–H and O–H groups in total. The second kappa shape index (κ2) is 6.44. The van der Waals surface area contributed by atoms with E-state index in [9.17, 15) is 8.42 Å².